The number of rotatable bonds is 4. The average Bonchev–Trinajstić information content (AvgIpc) is 2.86. The molecule has 2 rings (SSSR count). The fraction of sp³-hybridized carbons (Fsp3) is 0.231. The van der Waals surface area contributed by atoms with Gasteiger partial charge in [0.15, 0.2) is 0 Å². The number of thiazole rings is 1. The van der Waals surface area contributed by atoms with Gasteiger partial charge in [-0.3, -0.25) is 4.79 Å². The van der Waals surface area contributed by atoms with Crippen molar-refractivity contribution in [3.05, 3.63) is 46.4 Å². The van der Waals surface area contributed by atoms with Crippen molar-refractivity contribution in [2.75, 3.05) is 11.9 Å². The van der Waals surface area contributed by atoms with Crippen LogP contribution in [0.15, 0.2) is 35.7 Å². The lowest BCUT2D eigenvalue weighted by Gasteiger charge is -2.16. The number of benzene rings is 1. The van der Waals surface area contributed by atoms with Gasteiger partial charge in [-0.1, -0.05) is 18.2 Å². The first-order valence-corrected chi connectivity index (χ1v) is 6.53. The Hall–Kier alpha value is -1.72. The molecule has 18 heavy (non-hydrogen) atoms. The molecule has 0 radical (unpaired) electrons. The van der Waals surface area contributed by atoms with Crippen molar-refractivity contribution < 1.29 is 4.79 Å². The molecule has 0 saturated carbocycles. The summed E-state index contributed by atoms with van der Waals surface area (Å²) in [5.41, 5.74) is 7.17. The van der Waals surface area contributed by atoms with Crippen molar-refractivity contribution in [1.29, 1.82) is 0 Å². The number of likely N-dealkylation sites (N-methyl/N-ethyl adjacent to an activating group) is 1. The molecular weight excluding hydrogens is 246 g/mol. The van der Waals surface area contributed by atoms with Gasteiger partial charge in [0.05, 0.1) is 12.1 Å². The molecule has 94 valence electrons. The Kier molecular flexibility index (Phi) is 4.07. The van der Waals surface area contributed by atoms with Crippen molar-refractivity contribution in [3.63, 3.8) is 0 Å². The van der Waals surface area contributed by atoms with Crippen molar-refractivity contribution in [3.8, 4) is 0 Å². The highest BCUT2D eigenvalue weighted by Gasteiger charge is 2.13. The first kappa shape index (κ1) is 12.7. The van der Waals surface area contributed by atoms with E-state index >= 15 is 0 Å². The molecule has 0 spiro atoms. The highest BCUT2D eigenvalue weighted by Crippen LogP contribution is 2.14. The van der Waals surface area contributed by atoms with Crippen LogP contribution in [-0.2, 0) is 17.8 Å². The quantitative estimate of drug-likeness (QED) is 0.913. The van der Waals surface area contributed by atoms with Crippen LogP contribution in [0.5, 0.6) is 0 Å². The molecule has 4 nitrogen and oxygen atoms in total. The number of amides is 1. The minimum atomic E-state index is 0.0232. The maximum absolute atomic E-state index is 12.1. The van der Waals surface area contributed by atoms with Gasteiger partial charge in [-0.25, -0.2) is 4.98 Å². The van der Waals surface area contributed by atoms with E-state index in [0.29, 0.717) is 13.0 Å². The molecule has 0 unspecified atom stereocenters. The fourth-order valence-corrected chi connectivity index (χ4v) is 2.27. The van der Waals surface area contributed by atoms with Gasteiger partial charge in [0.25, 0.3) is 0 Å². The first-order chi connectivity index (χ1) is 8.70. The van der Waals surface area contributed by atoms with E-state index in [1.54, 1.807) is 11.9 Å². The fourth-order valence-electron chi connectivity index (χ4n) is 1.59. The van der Waals surface area contributed by atoms with Gasteiger partial charge in [-0.15, -0.1) is 11.3 Å². The summed E-state index contributed by atoms with van der Waals surface area (Å²) < 4.78 is 0. The Balaban J connectivity index is 2.04. The molecule has 2 aromatic rings. The van der Waals surface area contributed by atoms with E-state index in [2.05, 4.69) is 4.98 Å². The second-order valence-electron chi connectivity index (χ2n) is 3.90. The molecule has 0 saturated heterocycles. The number of anilines is 1. The Morgan fingerprint density at radius 3 is 2.72 bits per heavy atom. The van der Waals surface area contributed by atoms with Gasteiger partial charge in [-0.2, -0.15) is 0 Å². The van der Waals surface area contributed by atoms with Crippen molar-refractivity contribution in [2.24, 2.45) is 5.73 Å². The summed E-state index contributed by atoms with van der Waals surface area (Å²) in [6.07, 6.45) is 0.307. The number of hydrogen-bond donors (Lipinski definition) is 1. The average molecular weight is 261 g/mol. The molecule has 1 heterocycles. The zero-order valence-corrected chi connectivity index (χ0v) is 11.0. The molecule has 1 amide bonds. The van der Waals surface area contributed by atoms with Gasteiger partial charge < -0.3 is 10.6 Å². The maximum atomic E-state index is 12.1. The first-order valence-electron chi connectivity index (χ1n) is 5.65. The summed E-state index contributed by atoms with van der Waals surface area (Å²) in [5.74, 6) is 0.0232. The van der Waals surface area contributed by atoms with Crippen LogP contribution < -0.4 is 10.6 Å². The summed E-state index contributed by atoms with van der Waals surface area (Å²) in [6, 6.07) is 9.56. The third-order valence-corrected chi connectivity index (χ3v) is 3.54. The number of hydrogen-bond acceptors (Lipinski definition) is 4. The molecule has 0 bridgehead atoms. The van der Waals surface area contributed by atoms with Crippen molar-refractivity contribution in [1.82, 2.24) is 4.98 Å². The lowest BCUT2D eigenvalue weighted by molar-refractivity contribution is -0.117. The molecule has 0 fully saturated rings. The maximum Gasteiger partial charge on any atom is 0.232 e. The zero-order valence-electron chi connectivity index (χ0n) is 10.2. The van der Waals surface area contributed by atoms with E-state index in [9.17, 15) is 4.79 Å². The minimum Gasteiger partial charge on any atom is -0.325 e. The molecule has 5 heteroatoms. The predicted octanol–water partition coefficient (Wildman–Crippen LogP) is 1.81. The van der Waals surface area contributed by atoms with Crippen molar-refractivity contribution >= 4 is 22.9 Å². The number of para-hydroxylation sites is 1. The van der Waals surface area contributed by atoms with Crippen LogP contribution in [0.3, 0.4) is 0 Å². The van der Waals surface area contributed by atoms with E-state index in [-0.39, 0.29) is 5.91 Å². The topological polar surface area (TPSA) is 59.2 Å². The monoisotopic (exact) mass is 261 g/mol. The Morgan fingerprint density at radius 2 is 2.11 bits per heavy atom. The Morgan fingerprint density at radius 1 is 1.39 bits per heavy atom. The number of nitrogens with two attached hydrogens (primary N) is 1. The van der Waals surface area contributed by atoms with Crippen LogP contribution >= 0.6 is 11.3 Å². The van der Waals surface area contributed by atoms with E-state index in [1.807, 2.05) is 35.7 Å². The molecule has 1 aromatic carbocycles. The largest absolute Gasteiger partial charge is 0.325 e. The van der Waals surface area contributed by atoms with Crippen molar-refractivity contribution in [2.45, 2.75) is 13.0 Å². The normalized spacial score (nSPS) is 10.3. The highest BCUT2D eigenvalue weighted by atomic mass is 32.1. The van der Waals surface area contributed by atoms with E-state index < -0.39 is 0 Å². The second-order valence-corrected chi connectivity index (χ2v) is 4.84. The molecule has 0 atom stereocenters. The molecule has 0 aliphatic carbocycles. The van der Waals surface area contributed by atoms with Gasteiger partial charge in [0.1, 0.15) is 5.01 Å². The summed E-state index contributed by atoms with van der Waals surface area (Å²) >= 11 is 1.49. The standard InChI is InChI=1S/C13H15N3OS/c1-16(11-5-3-2-4-6-11)13(17)7-10-9-18-12(8-14)15-10/h2-6,9H,7-8,14H2,1H3. The molecule has 0 aliphatic rings. The number of carbonyl (C=O) groups is 1. The molecular formula is C13H15N3OS. The summed E-state index contributed by atoms with van der Waals surface area (Å²) in [7, 11) is 1.77. The van der Waals surface area contributed by atoms with Crippen LogP contribution in [0.4, 0.5) is 5.69 Å². The summed E-state index contributed by atoms with van der Waals surface area (Å²) in [4.78, 5) is 18.0. The number of carbonyl (C=O) groups excluding carboxylic acids is 1. The van der Waals surface area contributed by atoms with Crippen LogP contribution in [0, 0.1) is 0 Å². The van der Waals surface area contributed by atoms with Gasteiger partial charge >= 0.3 is 0 Å². The lowest BCUT2D eigenvalue weighted by Crippen LogP contribution is -2.27. The lowest BCUT2D eigenvalue weighted by atomic mass is 10.2. The summed E-state index contributed by atoms with van der Waals surface area (Å²) in [5, 5.41) is 2.75. The SMILES string of the molecule is CN(C(=O)Cc1csc(CN)n1)c1ccccc1. The van der Waals surface area contributed by atoms with Crippen LogP contribution in [0.1, 0.15) is 10.7 Å². The summed E-state index contributed by atoms with van der Waals surface area (Å²) in [6.45, 7) is 0.424. The van der Waals surface area contributed by atoms with E-state index in [4.69, 9.17) is 5.73 Å². The Labute approximate surface area is 110 Å². The predicted molar refractivity (Wildman–Crippen MR) is 73.6 cm³/mol. The van der Waals surface area contributed by atoms with Gasteiger partial charge in [-0.05, 0) is 12.1 Å². The van der Waals surface area contributed by atoms with E-state index in [1.165, 1.54) is 11.3 Å². The van der Waals surface area contributed by atoms with Gasteiger partial charge in [0.2, 0.25) is 5.91 Å². The second kappa shape index (κ2) is 5.75. The molecule has 2 N–H and O–H groups in total. The minimum absolute atomic E-state index is 0.0232. The third-order valence-electron chi connectivity index (χ3n) is 2.62. The van der Waals surface area contributed by atoms with E-state index in [0.717, 1.165) is 16.4 Å². The van der Waals surface area contributed by atoms with Crippen LogP contribution in [0.25, 0.3) is 0 Å². The zero-order chi connectivity index (χ0) is 13.0. The van der Waals surface area contributed by atoms with Crippen LogP contribution in [0.2, 0.25) is 0 Å². The number of aromatic nitrogens is 1. The molecule has 1 aromatic heterocycles. The number of nitrogens with zero attached hydrogens (tertiary/aromatic N) is 2. The third kappa shape index (κ3) is 2.94. The highest BCUT2D eigenvalue weighted by molar-refractivity contribution is 7.09. The smallest absolute Gasteiger partial charge is 0.232 e. The Bertz CT molecular complexity index is 524. The molecule has 0 aliphatic heterocycles. The van der Waals surface area contributed by atoms with Crippen LogP contribution in [-0.4, -0.2) is 17.9 Å². The van der Waals surface area contributed by atoms with Gasteiger partial charge in [0, 0.05) is 24.7 Å².